The quantitative estimate of drug-likeness (QED) is 0.783. The monoisotopic (exact) mass is 257 g/mol. The van der Waals surface area contributed by atoms with Gasteiger partial charge in [-0.1, -0.05) is 30.3 Å². The van der Waals surface area contributed by atoms with Crippen LogP contribution in [0.4, 0.5) is 5.69 Å². The second kappa shape index (κ2) is 4.62. The van der Waals surface area contributed by atoms with Crippen molar-refractivity contribution in [3.05, 3.63) is 64.0 Å². The minimum atomic E-state index is -0.0582. The molecule has 3 aromatic rings. The van der Waals surface area contributed by atoms with Crippen LogP contribution in [0.2, 0.25) is 0 Å². The summed E-state index contributed by atoms with van der Waals surface area (Å²) in [4.78, 5) is 17.0. The molecule has 0 saturated carbocycles. The Morgan fingerprint density at radius 3 is 2.94 bits per heavy atom. The predicted molar refractivity (Wildman–Crippen MR) is 73.1 cm³/mol. The minimum absolute atomic E-state index is 0.0582. The molecule has 18 heavy (non-hydrogen) atoms. The fraction of sp³-hybridized carbons (Fsp3) is 0.0769. The number of nitrogens with one attached hydrogen (secondary N) is 1. The molecule has 5 heteroatoms. The number of hydrogen-bond acceptors (Lipinski definition) is 4. The Hall–Kier alpha value is -2.14. The normalized spacial score (nSPS) is 10.7. The Labute approximate surface area is 108 Å². The van der Waals surface area contributed by atoms with E-state index in [1.807, 2.05) is 35.7 Å². The third-order valence-electron chi connectivity index (χ3n) is 2.67. The van der Waals surface area contributed by atoms with Gasteiger partial charge in [0.25, 0.3) is 5.56 Å². The van der Waals surface area contributed by atoms with Gasteiger partial charge in [0, 0.05) is 18.1 Å². The number of anilines is 1. The van der Waals surface area contributed by atoms with Gasteiger partial charge >= 0.3 is 0 Å². The minimum Gasteiger partial charge on any atom is -0.375 e. The smallest absolute Gasteiger partial charge is 0.281 e. The van der Waals surface area contributed by atoms with Gasteiger partial charge in [0.05, 0.1) is 6.20 Å². The largest absolute Gasteiger partial charge is 0.375 e. The first-order chi connectivity index (χ1) is 8.84. The van der Waals surface area contributed by atoms with E-state index in [-0.39, 0.29) is 5.56 Å². The Morgan fingerprint density at radius 2 is 2.11 bits per heavy atom. The number of hydrogen-bond donors (Lipinski definition) is 1. The number of rotatable bonds is 3. The lowest BCUT2D eigenvalue weighted by Crippen LogP contribution is -2.17. The van der Waals surface area contributed by atoms with Gasteiger partial charge in [0.2, 0.25) is 0 Å². The Morgan fingerprint density at radius 1 is 1.28 bits per heavy atom. The molecule has 2 heterocycles. The Kier molecular flexibility index (Phi) is 2.82. The molecule has 2 aromatic heterocycles. The fourth-order valence-corrected chi connectivity index (χ4v) is 2.41. The molecule has 0 radical (unpaired) electrons. The molecule has 4 nitrogen and oxygen atoms in total. The number of thiazole rings is 1. The average molecular weight is 257 g/mol. The zero-order valence-corrected chi connectivity index (χ0v) is 10.4. The second-order valence-corrected chi connectivity index (χ2v) is 4.74. The van der Waals surface area contributed by atoms with Gasteiger partial charge < -0.3 is 5.32 Å². The summed E-state index contributed by atoms with van der Waals surface area (Å²) in [5, 5.41) is 4.97. The summed E-state index contributed by atoms with van der Waals surface area (Å²) >= 11 is 1.45. The number of aromatic nitrogens is 2. The maximum absolute atomic E-state index is 12.1. The predicted octanol–water partition coefficient (Wildman–Crippen LogP) is 2.37. The molecule has 0 aliphatic rings. The van der Waals surface area contributed by atoms with E-state index in [4.69, 9.17) is 0 Å². The van der Waals surface area contributed by atoms with Crippen LogP contribution in [0.1, 0.15) is 5.56 Å². The SMILES string of the molecule is O=c1c(NCc2ccccc2)cnc2sccn12. The lowest BCUT2D eigenvalue weighted by atomic mass is 10.2. The van der Waals surface area contributed by atoms with Crippen molar-refractivity contribution in [2.24, 2.45) is 0 Å². The van der Waals surface area contributed by atoms with E-state index in [2.05, 4.69) is 10.3 Å². The van der Waals surface area contributed by atoms with Crippen molar-refractivity contribution in [3.8, 4) is 0 Å². The van der Waals surface area contributed by atoms with Crippen molar-refractivity contribution in [1.29, 1.82) is 0 Å². The third-order valence-corrected chi connectivity index (χ3v) is 3.44. The van der Waals surface area contributed by atoms with Gasteiger partial charge in [-0.25, -0.2) is 4.98 Å². The van der Waals surface area contributed by atoms with Crippen molar-refractivity contribution in [2.75, 3.05) is 5.32 Å². The van der Waals surface area contributed by atoms with Crippen LogP contribution in [0, 0.1) is 0 Å². The molecule has 0 aliphatic carbocycles. The van der Waals surface area contributed by atoms with Gasteiger partial charge in [-0.05, 0) is 5.56 Å². The highest BCUT2D eigenvalue weighted by atomic mass is 32.1. The van der Waals surface area contributed by atoms with Gasteiger partial charge in [-0.2, -0.15) is 0 Å². The van der Waals surface area contributed by atoms with E-state index < -0.39 is 0 Å². The molecule has 0 fully saturated rings. The summed E-state index contributed by atoms with van der Waals surface area (Å²) in [7, 11) is 0. The maximum Gasteiger partial charge on any atom is 0.281 e. The lowest BCUT2D eigenvalue weighted by molar-refractivity contribution is 1.05. The number of benzene rings is 1. The molecule has 0 bridgehead atoms. The van der Waals surface area contributed by atoms with E-state index >= 15 is 0 Å². The Balaban J connectivity index is 1.87. The topological polar surface area (TPSA) is 46.4 Å². The van der Waals surface area contributed by atoms with Crippen LogP contribution in [0.5, 0.6) is 0 Å². The molecule has 0 atom stereocenters. The molecule has 0 aliphatic heterocycles. The zero-order valence-electron chi connectivity index (χ0n) is 9.54. The standard InChI is InChI=1S/C13H11N3OS/c17-12-11(9-15-13-16(12)6-7-18-13)14-8-10-4-2-1-3-5-10/h1-7,9,14H,8H2. The van der Waals surface area contributed by atoms with E-state index in [1.165, 1.54) is 11.3 Å². The fourth-order valence-electron chi connectivity index (χ4n) is 1.74. The molecule has 1 aromatic carbocycles. The molecule has 90 valence electrons. The highest BCUT2D eigenvalue weighted by molar-refractivity contribution is 7.15. The lowest BCUT2D eigenvalue weighted by Gasteiger charge is -2.05. The summed E-state index contributed by atoms with van der Waals surface area (Å²) in [6.07, 6.45) is 3.33. The van der Waals surface area contributed by atoms with Crippen LogP contribution in [-0.4, -0.2) is 9.38 Å². The summed E-state index contributed by atoms with van der Waals surface area (Å²) in [6.45, 7) is 0.619. The molecular weight excluding hydrogens is 246 g/mol. The van der Waals surface area contributed by atoms with Crippen LogP contribution in [0.25, 0.3) is 4.96 Å². The van der Waals surface area contributed by atoms with Crippen molar-refractivity contribution < 1.29 is 0 Å². The first-order valence-electron chi connectivity index (χ1n) is 5.57. The second-order valence-electron chi connectivity index (χ2n) is 3.87. The van der Waals surface area contributed by atoms with Crippen LogP contribution in [0.15, 0.2) is 52.9 Å². The van der Waals surface area contributed by atoms with Gasteiger partial charge in [0.1, 0.15) is 5.69 Å². The van der Waals surface area contributed by atoms with E-state index in [1.54, 1.807) is 16.8 Å². The van der Waals surface area contributed by atoms with E-state index in [0.717, 1.165) is 5.56 Å². The van der Waals surface area contributed by atoms with Crippen molar-refractivity contribution in [1.82, 2.24) is 9.38 Å². The molecule has 0 saturated heterocycles. The summed E-state index contributed by atoms with van der Waals surface area (Å²) in [5.41, 5.74) is 1.60. The Bertz CT molecular complexity index is 718. The zero-order chi connectivity index (χ0) is 12.4. The van der Waals surface area contributed by atoms with Crippen LogP contribution >= 0.6 is 11.3 Å². The summed E-state index contributed by atoms with van der Waals surface area (Å²) < 4.78 is 1.55. The van der Waals surface area contributed by atoms with Crippen LogP contribution in [-0.2, 0) is 6.54 Å². The summed E-state index contributed by atoms with van der Waals surface area (Å²) in [6, 6.07) is 9.95. The van der Waals surface area contributed by atoms with Crippen molar-refractivity contribution in [2.45, 2.75) is 6.54 Å². The maximum atomic E-state index is 12.1. The molecule has 1 N–H and O–H groups in total. The number of nitrogens with zero attached hydrogens (tertiary/aromatic N) is 2. The first-order valence-corrected chi connectivity index (χ1v) is 6.45. The molecule has 3 rings (SSSR count). The third kappa shape index (κ3) is 2.00. The van der Waals surface area contributed by atoms with Gasteiger partial charge in [0.15, 0.2) is 4.96 Å². The number of fused-ring (bicyclic) bond motifs is 1. The average Bonchev–Trinajstić information content (AvgIpc) is 2.88. The van der Waals surface area contributed by atoms with Gasteiger partial charge in [-0.15, -0.1) is 11.3 Å². The van der Waals surface area contributed by atoms with Crippen molar-refractivity contribution in [3.63, 3.8) is 0 Å². The van der Waals surface area contributed by atoms with E-state index in [0.29, 0.717) is 17.2 Å². The molecule has 0 unspecified atom stereocenters. The summed E-state index contributed by atoms with van der Waals surface area (Å²) in [5.74, 6) is 0. The first kappa shape index (κ1) is 11.0. The highest BCUT2D eigenvalue weighted by Crippen LogP contribution is 2.09. The van der Waals surface area contributed by atoms with Gasteiger partial charge in [-0.3, -0.25) is 9.20 Å². The van der Waals surface area contributed by atoms with E-state index in [9.17, 15) is 4.79 Å². The van der Waals surface area contributed by atoms with Crippen molar-refractivity contribution >= 4 is 22.0 Å². The molecular formula is C13H11N3OS. The van der Waals surface area contributed by atoms with Crippen LogP contribution in [0.3, 0.4) is 0 Å². The van der Waals surface area contributed by atoms with Crippen LogP contribution < -0.4 is 10.9 Å². The molecule has 0 amide bonds. The molecule has 0 spiro atoms. The highest BCUT2D eigenvalue weighted by Gasteiger charge is 2.04.